The fourth-order valence-electron chi connectivity index (χ4n) is 2.11. The SMILES string of the molecule is CCONC(=O)C(Cc1ccccc1)c1ccccc1. The Morgan fingerprint density at radius 1 is 1.05 bits per heavy atom. The van der Waals surface area contributed by atoms with E-state index < -0.39 is 0 Å². The van der Waals surface area contributed by atoms with Gasteiger partial charge in [0.05, 0.1) is 12.5 Å². The van der Waals surface area contributed by atoms with E-state index in [4.69, 9.17) is 4.84 Å². The summed E-state index contributed by atoms with van der Waals surface area (Å²) in [6.45, 7) is 2.30. The van der Waals surface area contributed by atoms with Crippen LogP contribution in [-0.4, -0.2) is 12.5 Å². The third kappa shape index (κ3) is 3.93. The zero-order valence-corrected chi connectivity index (χ0v) is 11.6. The Morgan fingerprint density at radius 2 is 1.65 bits per heavy atom. The van der Waals surface area contributed by atoms with Gasteiger partial charge in [0.1, 0.15) is 0 Å². The summed E-state index contributed by atoms with van der Waals surface area (Å²) in [4.78, 5) is 17.3. The molecule has 1 atom stereocenters. The standard InChI is InChI=1S/C17H19NO2/c1-2-20-18-17(19)16(15-11-7-4-8-12-15)13-14-9-5-3-6-10-14/h3-12,16H,2,13H2,1H3,(H,18,19). The van der Waals surface area contributed by atoms with E-state index in [1.807, 2.05) is 67.6 Å². The van der Waals surface area contributed by atoms with E-state index in [0.717, 1.165) is 11.1 Å². The molecular weight excluding hydrogens is 250 g/mol. The summed E-state index contributed by atoms with van der Waals surface area (Å²) in [6.07, 6.45) is 0.657. The Kier molecular flexibility index (Phi) is 5.33. The minimum absolute atomic E-state index is 0.109. The Hall–Kier alpha value is -2.13. The fraction of sp³-hybridized carbons (Fsp3) is 0.235. The third-order valence-electron chi connectivity index (χ3n) is 3.12. The van der Waals surface area contributed by atoms with E-state index >= 15 is 0 Å². The summed E-state index contributed by atoms with van der Waals surface area (Å²) in [5, 5.41) is 0. The highest BCUT2D eigenvalue weighted by Gasteiger charge is 2.20. The van der Waals surface area contributed by atoms with Crippen LogP contribution in [0.1, 0.15) is 24.0 Å². The molecule has 0 aliphatic carbocycles. The number of carbonyl (C=O) groups is 1. The summed E-state index contributed by atoms with van der Waals surface area (Å²) >= 11 is 0. The monoisotopic (exact) mass is 269 g/mol. The Morgan fingerprint density at radius 3 is 2.25 bits per heavy atom. The van der Waals surface area contributed by atoms with Crippen molar-refractivity contribution in [3.05, 3.63) is 71.8 Å². The number of rotatable bonds is 6. The number of hydroxylamine groups is 1. The van der Waals surface area contributed by atoms with Crippen LogP contribution in [0.2, 0.25) is 0 Å². The van der Waals surface area contributed by atoms with Crippen molar-refractivity contribution in [1.82, 2.24) is 5.48 Å². The first-order valence-corrected chi connectivity index (χ1v) is 6.81. The zero-order chi connectivity index (χ0) is 14.2. The van der Waals surface area contributed by atoms with Crippen molar-refractivity contribution >= 4 is 5.91 Å². The van der Waals surface area contributed by atoms with Crippen LogP contribution in [0, 0.1) is 0 Å². The van der Waals surface area contributed by atoms with E-state index in [0.29, 0.717) is 13.0 Å². The van der Waals surface area contributed by atoms with E-state index in [-0.39, 0.29) is 11.8 Å². The quantitative estimate of drug-likeness (QED) is 0.818. The highest BCUT2D eigenvalue weighted by atomic mass is 16.6. The molecule has 0 bridgehead atoms. The summed E-state index contributed by atoms with van der Waals surface area (Å²) in [5.41, 5.74) is 4.64. The molecule has 0 saturated heterocycles. The molecule has 20 heavy (non-hydrogen) atoms. The molecule has 1 N–H and O–H groups in total. The van der Waals surface area contributed by atoms with Gasteiger partial charge in [0.2, 0.25) is 0 Å². The number of hydrogen-bond donors (Lipinski definition) is 1. The van der Waals surface area contributed by atoms with Gasteiger partial charge in [-0.3, -0.25) is 9.63 Å². The van der Waals surface area contributed by atoms with E-state index in [9.17, 15) is 4.79 Å². The maximum Gasteiger partial charge on any atom is 0.251 e. The molecule has 2 aromatic carbocycles. The lowest BCUT2D eigenvalue weighted by Gasteiger charge is -2.17. The largest absolute Gasteiger partial charge is 0.274 e. The van der Waals surface area contributed by atoms with Crippen LogP contribution in [0.4, 0.5) is 0 Å². The van der Waals surface area contributed by atoms with Gasteiger partial charge in [-0.15, -0.1) is 0 Å². The Bertz CT molecular complexity index is 525. The summed E-state index contributed by atoms with van der Waals surface area (Å²) < 4.78 is 0. The number of amides is 1. The van der Waals surface area contributed by atoms with Crippen molar-refractivity contribution in [2.24, 2.45) is 0 Å². The number of nitrogens with one attached hydrogen (secondary N) is 1. The van der Waals surface area contributed by atoms with E-state index in [1.165, 1.54) is 0 Å². The second-order valence-electron chi connectivity index (χ2n) is 4.55. The smallest absolute Gasteiger partial charge is 0.251 e. The van der Waals surface area contributed by atoms with Gasteiger partial charge in [-0.1, -0.05) is 60.7 Å². The first-order valence-electron chi connectivity index (χ1n) is 6.81. The van der Waals surface area contributed by atoms with Crippen LogP contribution in [0.25, 0.3) is 0 Å². The number of benzene rings is 2. The second kappa shape index (κ2) is 7.46. The van der Waals surface area contributed by atoms with Gasteiger partial charge in [-0.25, -0.2) is 5.48 Å². The van der Waals surface area contributed by atoms with Gasteiger partial charge < -0.3 is 0 Å². The molecule has 0 aliphatic rings. The van der Waals surface area contributed by atoms with Gasteiger partial charge in [-0.2, -0.15) is 0 Å². The summed E-state index contributed by atoms with van der Waals surface area (Å²) in [7, 11) is 0. The van der Waals surface area contributed by atoms with Gasteiger partial charge >= 0.3 is 0 Å². The minimum Gasteiger partial charge on any atom is -0.274 e. The molecule has 0 saturated carbocycles. The molecule has 0 radical (unpaired) electrons. The Labute approximate surface area is 119 Å². The summed E-state index contributed by atoms with van der Waals surface area (Å²) in [5.74, 6) is -0.355. The maximum absolute atomic E-state index is 12.3. The number of carbonyl (C=O) groups excluding carboxylic acids is 1. The summed E-state index contributed by atoms with van der Waals surface area (Å²) in [6, 6.07) is 19.8. The second-order valence-corrected chi connectivity index (χ2v) is 4.55. The van der Waals surface area contributed by atoms with Gasteiger partial charge in [0.25, 0.3) is 5.91 Å². The van der Waals surface area contributed by atoms with E-state index in [2.05, 4.69) is 5.48 Å². The average Bonchev–Trinajstić information content (AvgIpc) is 2.52. The van der Waals surface area contributed by atoms with Crippen molar-refractivity contribution in [2.75, 3.05) is 6.61 Å². The maximum atomic E-state index is 12.3. The predicted octanol–water partition coefficient (Wildman–Crippen LogP) is 3.08. The molecule has 1 amide bonds. The third-order valence-corrected chi connectivity index (χ3v) is 3.12. The molecule has 104 valence electrons. The van der Waals surface area contributed by atoms with E-state index in [1.54, 1.807) is 0 Å². The molecule has 2 aromatic rings. The van der Waals surface area contributed by atoms with Crippen molar-refractivity contribution in [3.63, 3.8) is 0 Å². The van der Waals surface area contributed by atoms with Crippen molar-refractivity contribution in [2.45, 2.75) is 19.3 Å². The lowest BCUT2D eigenvalue weighted by atomic mass is 9.91. The van der Waals surface area contributed by atoms with Gasteiger partial charge in [0.15, 0.2) is 0 Å². The molecule has 0 heterocycles. The van der Waals surface area contributed by atoms with Crippen molar-refractivity contribution < 1.29 is 9.63 Å². The van der Waals surface area contributed by atoms with Gasteiger partial charge in [-0.05, 0) is 24.5 Å². The van der Waals surface area contributed by atoms with Crippen LogP contribution >= 0.6 is 0 Å². The van der Waals surface area contributed by atoms with Crippen LogP contribution in [0.15, 0.2) is 60.7 Å². The highest BCUT2D eigenvalue weighted by Crippen LogP contribution is 2.21. The molecule has 0 spiro atoms. The Balaban J connectivity index is 2.18. The lowest BCUT2D eigenvalue weighted by molar-refractivity contribution is -0.134. The topological polar surface area (TPSA) is 38.3 Å². The first kappa shape index (κ1) is 14.3. The molecular formula is C17H19NO2. The zero-order valence-electron chi connectivity index (χ0n) is 11.6. The molecule has 3 heteroatoms. The van der Waals surface area contributed by atoms with Crippen LogP contribution in [-0.2, 0) is 16.1 Å². The average molecular weight is 269 g/mol. The fourth-order valence-corrected chi connectivity index (χ4v) is 2.11. The molecule has 3 nitrogen and oxygen atoms in total. The first-order chi connectivity index (χ1) is 9.81. The predicted molar refractivity (Wildman–Crippen MR) is 79.1 cm³/mol. The molecule has 0 fully saturated rings. The normalized spacial score (nSPS) is 11.8. The van der Waals surface area contributed by atoms with Gasteiger partial charge in [0, 0.05) is 0 Å². The van der Waals surface area contributed by atoms with Crippen LogP contribution in [0.5, 0.6) is 0 Å². The molecule has 1 unspecified atom stereocenters. The number of hydrogen-bond acceptors (Lipinski definition) is 2. The van der Waals surface area contributed by atoms with Crippen molar-refractivity contribution in [1.29, 1.82) is 0 Å². The van der Waals surface area contributed by atoms with Crippen molar-refractivity contribution in [3.8, 4) is 0 Å². The molecule has 0 aromatic heterocycles. The van der Waals surface area contributed by atoms with Crippen LogP contribution < -0.4 is 5.48 Å². The van der Waals surface area contributed by atoms with Crippen LogP contribution in [0.3, 0.4) is 0 Å². The molecule has 2 rings (SSSR count). The highest BCUT2D eigenvalue weighted by molar-refractivity contribution is 5.83. The lowest BCUT2D eigenvalue weighted by Crippen LogP contribution is -2.30. The molecule has 0 aliphatic heterocycles. The minimum atomic E-state index is -0.245.